The lowest BCUT2D eigenvalue weighted by Gasteiger charge is -2.30. The molecule has 0 spiro atoms. The molecule has 114 valence electrons. The van der Waals surface area contributed by atoms with Gasteiger partial charge in [-0.3, -0.25) is 4.57 Å². The molecule has 0 saturated heterocycles. The summed E-state index contributed by atoms with van der Waals surface area (Å²) in [7, 11) is 0. The zero-order valence-electron chi connectivity index (χ0n) is 12.4. The van der Waals surface area contributed by atoms with Crippen molar-refractivity contribution < 1.29 is 0 Å². The number of thiol groups is 1. The Morgan fingerprint density at radius 1 is 1.35 bits per heavy atom. The minimum absolute atomic E-state index is 0.108. The van der Waals surface area contributed by atoms with Gasteiger partial charge >= 0.3 is 5.69 Å². The van der Waals surface area contributed by atoms with Crippen LogP contribution in [-0.2, 0) is 0 Å². The Bertz CT molecular complexity index is 473. The lowest BCUT2D eigenvalue weighted by molar-refractivity contribution is 0.332. The molecule has 1 aromatic rings. The maximum absolute atomic E-state index is 11.8. The second kappa shape index (κ2) is 7.07. The van der Waals surface area contributed by atoms with E-state index >= 15 is 0 Å². The third kappa shape index (κ3) is 3.64. The SMILES string of the molecule is CC(C)n1c(SCC2(CS)CCCCCC2)n[nH]c1=O. The van der Waals surface area contributed by atoms with E-state index in [0.29, 0.717) is 5.41 Å². The van der Waals surface area contributed by atoms with Crippen molar-refractivity contribution in [3.8, 4) is 0 Å². The summed E-state index contributed by atoms with van der Waals surface area (Å²) in [4.78, 5) is 11.8. The minimum atomic E-state index is -0.108. The van der Waals surface area contributed by atoms with E-state index in [1.165, 1.54) is 38.5 Å². The quantitative estimate of drug-likeness (QED) is 0.496. The lowest BCUT2D eigenvalue weighted by atomic mass is 9.84. The molecule has 0 atom stereocenters. The normalized spacial score (nSPS) is 19.2. The Kier molecular flexibility index (Phi) is 5.66. The Morgan fingerprint density at radius 3 is 2.55 bits per heavy atom. The first-order valence-corrected chi connectivity index (χ1v) is 9.10. The highest BCUT2D eigenvalue weighted by atomic mass is 32.2. The second-order valence-corrected chi connectivity index (χ2v) is 7.39. The number of aromatic nitrogens is 3. The van der Waals surface area contributed by atoms with Crippen molar-refractivity contribution in [1.29, 1.82) is 0 Å². The number of hydrogen-bond acceptors (Lipinski definition) is 4. The van der Waals surface area contributed by atoms with E-state index in [1.807, 2.05) is 13.8 Å². The van der Waals surface area contributed by atoms with Gasteiger partial charge < -0.3 is 0 Å². The van der Waals surface area contributed by atoms with Crippen molar-refractivity contribution >= 4 is 24.4 Å². The standard InChI is InChI=1S/C14H25N3OS2/c1-11(2)17-12(18)15-16-13(17)20-10-14(9-19)7-5-3-4-6-8-14/h11,19H,3-10H2,1-2H3,(H,15,18). The molecule has 6 heteroatoms. The van der Waals surface area contributed by atoms with Crippen LogP contribution in [0.25, 0.3) is 0 Å². The van der Waals surface area contributed by atoms with Crippen molar-refractivity contribution in [3.63, 3.8) is 0 Å². The number of nitrogens with zero attached hydrogens (tertiary/aromatic N) is 2. The molecule has 0 unspecified atom stereocenters. The molecule has 20 heavy (non-hydrogen) atoms. The van der Waals surface area contributed by atoms with Crippen LogP contribution in [-0.4, -0.2) is 26.3 Å². The van der Waals surface area contributed by atoms with Crippen LogP contribution in [0.5, 0.6) is 0 Å². The summed E-state index contributed by atoms with van der Waals surface area (Å²) in [6.07, 6.45) is 7.80. The number of aromatic amines is 1. The first-order valence-electron chi connectivity index (χ1n) is 7.48. The van der Waals surface area contributed by atoms with E-state index in [1.54, 1.807) is 16.3 Å². The average molecular weight is 316 g/mol. The van der Waals surface area contributed by atoms with Crippen LogP contribution in [0.4, 0.5) is 0 Å². The van der Waals surface area contributed by atoms with E-state index in [9.17, 15) is 4.79 Å². The van der Waals surface area contributed by atoms with Crippen LogP contribution < -0.4 is 5.69 Å². The zero-order valence-corrected chi connectivity index (χ0v) is 14.1. The molecule has 1 heterocycles. The van der Waals surface area contributed by atoms with Gasteiger partial charge in [0.15, 0.2) is 5.16 Å². The molecule has 0 radical (unpaired) electrons. The Hall–Kier alpha value is -0.360. The smallest absolute Gasteiger partial charge is 0.268 e. The predicted octanol–water partition coefficient (Wildman–Crippen LogP) is 3.51. The molecule has 1 aliphatic rings. The van der Waals surface area contributed by atoms with Crippen LogP contribution in [0.3, 0.4) is 0 Å². The fraction of sp³-hybridized carbons (Fsp3) is 0.857. The Morgan fingerprint density at radius 2 is 2.00 bits per heavy atom. The van der Waals surface area contributed by atoms with E-state index in [-0.39, 0.29) is 11.7 Å². The summed E-state index contributed by atoms with van der Waals surface area (Å²) in [6, 6.07) is 0.143. The summed E-state index contributed by atoms with van der Waals surface area (Å²) < 4.78 is 1.74. The molecular formula is C14H25N3OS2. The van der Waals surface area contributed by atoms with Gasteiger partial charge in [-0.05, 0) is 37.9 Å². The highest BCUT2D eigenvalue weighted by molar-refractivity contribution is 7.99. The van der Waals surface area contributed by atoms with Crippen molar-refractivity contribution in [3.05, 3.63) is 10.5 Å². The summed E-state index contributed by atoms with van der Waals surface area (Å²) >= 11 is 6.31. The minimum Gasteiger partial charge on any atom is -0.268 e. The fourth-order valence-corrected chi connectivity index (χ4v) is 4.84. The van der Waals surface area contributed by atoms with Crippen LogP contribution in [0, 0.1) is 5.41 Å². The molecule has 0 aliphatic heterocycles. The Labute approximate surface area is 130 Å². The monoisotopic (exact) mass is 315 g/mol. The molecule has 0 amide bonds. The molecule has 1 N–H and O–H groups in total. The van der Waals surface area contributed by atoms with Gasteiger partial charge in [-0.25, -0.2) is 9.89 Å². The molecule has 1 aromatic heterocycles. The van der Waals surface area contributed by atoms with Gasteiger partial charge in [-0.2, -0.15) is 12.6 Å². The fourth-order valence-electron chi connectivity index (χ4n) is 2.89. The van der Waals surface area contributed by atoms with Crippen molar-refractivity contribution in [2.75, 3.05) is 11.5 Å². The molecule has 4 nitrogen and oxygen atoms in total. The summed E-state index contributed by atoms with van der Waals surface area (Å²) in [5, 5.41) is 7.56. The average Bonchev–Trinajstić information content (AvgIpc) is 2.66. The van der Waals surface area contributed by atoms with Crippen LogP contribution >= 0.6 is 24.4 Å². The maximum Gasteiger partial charge on any atom is 0.344 e. The van der Waals surface area contributed by atoms with Crippen molar-refractivity contribution in [2.24, 2.45) is 5.41 Å². The van der Waals surface area contributed by atoms with Gasteiger partial charge in [-0.15, -0.1) is 5.10 Å². The summed E-state index contributed by atoms with van der Waals surface area (Å²) in [6.45, 7) is 4.03. The van der Waals surface area contributed by atoms with Crippen LogP contribution in [0.1, 0.15) is 58.4 Å². The molecule has 1 saturated carbocycles. The highest BCUT2D eigenvalue weighted by Gasteiger charge is 2.30. The third-order valence-corrected chi connectivity index (χ3v) is 6.17. The first kappa shape index (κ1) is 16.0. The molecule has 2 rings (SSSR count). The van der Waals surface area contributed by atoms with Gasteiger partial charge in [0.05, 0.1) is 0 Å². The largest absolute Gasteiger partial charge is 0.344 e. The summed E-state index contributed by atoms with van der Waals surface area (Å²) in [5.74, 6) is 1.93. The number of thioether (sulfide) groups is 1. The molecule has 1 aliphatic carbocycles. The third-order valence-electron chi connectivity index (χ3n) is 4.20. The molecule has 0 bridgehead atoms. The zero-order chi connectivity index (χ0) is 14.6. The molecular weight excluding hydrogens is 290 g/mol. The Balaban J connectivity index is 2.08. The first-order chi connectivity index (χ1) is 9.58. The topological polar surface area (TPSA) is 50.7 Å². The van der Waals surface area contributed by atoms with Gasteiger partial charge in [-0.1, -0.05) is 37.4 Å². The van der Waals surface area contributed by atoms with E-state index in [0.717, 1.165) is 16.7 Å². The molecule has 0 aromatic carbocycles. The number of nitrogens with one attached hydrogen (secondary N) is 1. The van der Waals surface area contributed by atoms with Gasteiger partial charge in [0, 0.05) is 11.8 Å². The number of hydrogen-bond donors (Lipinski definition) is 2. The lowest BCUT2D eigenvalue weighted by Crippen LogP contribution is -2.26. The van der Waals surface area contributed by atoms with E-state index in [4.69, 9.17) is 0 Å². The number of H-pyrrole nitrogens is 1. The highest BCUT2D eigenvalue weighted by Crippen LogP contribution is 2.40. The van der Waals surface area contributed by atoms with Gasteiger partial charge in [0.1, 0.15) is 0 Å². The second-order valence-electron chi connectivity index (χ2n) is 6.14. The van der Waals surface area contributed by atoms with E-state index < -0.39 is 0 Å². The summed E-state index contributed by atoms with van der Waals surface area (Å²) in [5.41, 5.74) is 0.199. The van der Waals surface area contributed by atoms with Crippen LogP contribution in [0.15, 0.2) is 9.95 Å². The van der Waals surface area contributed by atoms with E-state index in [2.05, 4.69) is 22.8 Å². The van der Waals surface area contributed by atoms with Gasteiger partial charge in [0.25, 0.3) is 0 Å². The van der Waals surface area contributed by atoms with Crippen molar-refractivity contribution in [1.82, 2.24) is 14.8 Å². The van der Waals surface area contributed by atoms with Crippen LogP contribution in [0.2, 0.25) is 0 Å². The molecule has 1 fully saturated rings. The predicted molar refractivity (Wildman–Crippen MR) is 87.9 cm³/mol. The van der Waals surface area contributed by atoms with Gasteiger partial charge in [0.2, 0.25) is 0 Å². The van der Waals surface area contributed by atoms with Crippen molar-refractivity contribution in [2.45, 2.75) is 63.6 Å². The number of rotatable bonds is 5. The maximum atomic E-state index is 11.8.